The van der Waals surface area contributed by atoms with Crippen molar-refractivity contribution in [2.45, 2.75) is 29.7 Å². The van der Waals surface area contributed by atoms with Gasteiger partial charge in [0, 0.05) is 27.6 Å². The lowest BCUT2D eigenvalue weighted by Gasteiger charge is -2.39. The lowest BCUT2D eigenvalue weighted by molar-refractivity contribution is 0.307. The Kier molecular flexibility index (Phi) is 7.19. The lowest BCUT2D eigenvalue weighted by atomic mass is 10.0. The third-order valence-corrected chi connectivity index (χ3v) is 9.83. The molecule has 4 aromatic carbocycles. The van der Waals surface area contributed by atoms with E-state index in [2.05, 4.69) is 124 Å². The van der Waals surface area contributed by atoms with Gasteiger partial charge in [-0.25, -0.2) is 0 Å². The van der Waals surface area contributed by atoms with Crippen molar-refractivity contribution >= 4 is 69.1 Å². The van der Waals surface area contributed by atoms with Crippen molar-refractivity contribution in [2.75, 3.05) is 31.8 Å². The van der Waals surface area contributed by atoms with Crippen molar-refractivity contribution in [3.05, 3.63) is 94.9 Å². The van der Waals surface area contributed by atoms with Gasteiger partial charge in [0.1, 0.15) is 6.04 Å². The number of anilines is 1. The summed E-state index contributed by atoms with van der Waals surface area (Å²) < 4.78 is 0.793. The average molecular weight is 530 g/mol. The number of hydrogen-bond donors (Lipinski definition) is 1. The summed E-state index contributed by atoms with van der Waals surface area (Å²) in [6.45, 7) is 5.59. The largest absolute Gasteiger partial charge is 0.338 e. The van der Waals surface area contributed by atoms with E-state index in [0.717, 1.165) is 15.9 Å². The zero-order valence-electron chi connectivity index (χ0n) is 21.5. The van der Waals surface area contributed by atoms with Crippen LogP contribution in [0.5, 0.6) is 0 Å². The molecule has 2 unspecified atom stereocenters. The number of thioether (sulfide) groups is 2. The number of nitrogens with zero attached hydrogens (tertiary/aromatic N) is 2. The first kappa shape index (κ1) is 25.3. The van der Waals surface area contributed by atoms with Gasteiger partial charge in [-0.05, 0) is 61.2 Å². The van der Waals surface area contributed by atoms with Crippen LogP contribution < -0.4 is 9.38 Å². The van der Waals surface area contributed by atoms with Gasteiger partial charge in [0.05, 0.1) is 29.2 Å². The van der Waals surface area contributed by atoms with Crippen molar-refractivity contribution < 1.29 is 0 Å². The fourth-order valence-electron chi connectivity index (χ4n) is 5.21. The highest BCUT2D eigenvalue weighted by molar-refractivity contribution is 8.04. The van der Waals surface area contributed by atoms with Crippen molar-refractivity contribution in [2.24, 2.45) is 0 Å². The summed E-state index contributed by atoms with van der Waals surface area (Å²) in [6.07, 6.45) is 6.97. The number of hydrogen-bond acceptors (Lipinski definition) is 4. The summed E-state index contributed by atoms with van der Waals surface area (Å²) in [7, 11) is 4.53. The molecule has 184 valence electrons. The first-order valence-corrected chi connectivity index (χ1v) is 14.8. The van der Waals surface area contributed by atoms with E-state index in [0.29, 0.717) is 0 Å². The fraction of sp³-hybridized carbons (Fsp3) is 0.226. The smallest absolute Gasteiger partial charge is 0.154 e. The minimum absolute atomic E-state index is 0.269. The van der Waals surface area contributed by atoms with E-state index < -0.39 is 0 Å². The molecule has 1 aliphatic heterocycles. The average Bonchev–Trinajstić information content (AvgIpc) is 3.22. The van der Waals surface area contributed by atoms with Gasteiger partial charge in [-0.3, -0.25) is 4.48 Å². The number of fused-ring (bicyclic) bond motifs is 4. The van der Waals surface area contributed by atoms with Crippen LogP contribution in [0.25, 0.3) is 21.5 Å². The summed E-state index contributed by atoms with van der Waals surface area (Å²) in [5.41, 5.74) is 2.60. The molecule has 5 heteroatoms. The van der Waals surface area contributed by atoms with Crippen LogP contribution in [-0.2, 0) is 0 Å². The molecule has 0 aliphatic carbocycles. The van der Waals surface area contributed by atoms with Gasteiger partial charge < -0.3 is 4.90 Å². The van der Waals surface area contributed by atoms with Gasteiger partial charge in [0.25, 0.3) is 0 Å². The number of benzene rings is 4. The second-order valence-corrected chi connectivity index (χ2v) is 12.0. The molecule has 0 amide bonds. The summed E-state index contributed by atoms with van der Waals surface area (Å²) in [5, 5.41) is 6.41. The quantitative estimate of drug-likeness (QED) is 0.196. The van der Waals surface area contributed by atoms with Crippen LogP contribution in [0.2, 0.25) is 0 Å². The maximum atomic E-state index is 4.93. The van der Waals surface area contributed by atoms with Crippen LogP contribution in [0.3, 0.4) is 0 Å². The molecular weight excluding hydrogens is 497 g/mol. The minimum Gasteiger partial charge on any atom is -0.338 e. The van der Waals surface area contributed by atoms with Crippen molar-refractivity contribution in [3.8, 4) is 0 Å². The number of rotatable bonds is 6. The van der Waals surface area contributed by atoms with E-state index in [4.69, 9.17) is 12.6 Å². The van der Waals surface area contributed by atoms with E-state index in [1.807, 2.05) is 23.5 Å². The maximum absolute atomic E-state index is 4.93. The Morgan fingerprint density at radius 2 is 1.64 bits per heavy atom. The van der Waals surface area contributed by atoms with E-state index in [1.54, 1.807) is 0 Å². The zero-order valence-corrected chi connectivity index (χ0v) is 24.1. The Hall–Kier alpha value is -2.31. The molecule has 0 aromatic heterocycles. The molecule has 2 nitrogen and oxygen atoms in total. The minimum atomic E-state index is 0.269. The Balaban J connectivity index is 1.53. The number of quaternary nitrogens is 1. The van der Waals surface area contributed by atoms with Crippen LogP contribution in [0.15, 0.2) is 105 Å². The lowest BCUT2D eigenvalue weighted by Crippen LogP contribution is -2.51. The molecule has 4 aromatic rings. The standard InChI is InChI=1S/C31H32N2S3/c1-6-33(4,31-26-14-10-8-12-23(26)15-17-27(31)34)21(2)19-24(35-5)20-29-32(3)30-25-13-9-7-11-22(25)16-18-28(30)36-29/h7-21H,6H2,1-5H3/p+1/b24-19+,29-20?. The maximum Gasteiger partial charge on any atom is 0.154 e. The molecule has 0 spiro atoms. The normalized spacial score (nSPS) is 17.6. The fourth-order valence-corrected chi connectivity index (χ4v) is 7.39. The molecule has 0 saturated carbocycles. The Labute approximate surface area is 229 Å². The van der Waals surface area contributed by atoms with Crippen LogP contribution in [-0.4, -0.2) is 32.9 Å². The third kappa shape index (κ3) is 4.37. The Morgan fingerprint density at radius 3 is 2.33 bits per heavy atom. The Bertz CT molecular complexity index is 1510. The Morgan fingerprint density at radius 1 is 1.00 bits per heavy atom. The second-order valence-electron chi connectivity index (χ2n) is 9.53. The van der Waals surface area contributed by atoms with Crippen molar-refractivity contribution in [1.82, 2.24) is 4.48 Å². The van der Waals surface area contributed by atoms with E-state index in [9.17, 15) is 0 Å². The third-order valence-electron chi connectivity index (χ3n) is 7.60. The molecule has 0 radical (unpaired) electrons. The highest BCUT2D eigenvalue weighted by Crippen LogP contribution is 2.49. The van der Waals surface area contributed by atoms with Gasteiger partial charge in [-0.1, -0.05) is 66.4 Å². The van der Waals surface area contributed by atoms with Crippen LogP contribution in [0, 0.1) is 0 Å². The van der Waals surface area contributed by atoms with Gasteiger partial charge in [0.15, 0.2) is 5.69 Å². The first-order valence-electron chi connectivity index (χ1n) is 12.3. The molecular formula is C31H33N2S3+. The monoisotopic (exact) mass is 529 g/mol. The van der Waals surface area contributed by atoms with Gasteiger partial charge in [0.2, 0.25) is 0 Å². The molecule has 0 N–H and O–H groups in total. The van der Waals surface area contributed by atoms with Gasteiger partial charge in [-0.15, -0.1) is 24.4 Å². The highest BCUT2D eigenvalue weighted by atomic mass is 32.2. The summed E-state index contributed by atoms with van der Waals surface area (Å²) >= 11 is 8.60. The summed E-state index contributed by atoms with van der Waals surface area (Å²) in [4.78, 5) is 6.01. The van der Waals surface area contributed by atoms with Crippen LogP contribution in [0.1, 0.15) is 13.8 Å². The van der Waals surface area contributed by atoms with Gasteiger partial charge >= 0.3 is 0 Å². The zero-order chi connectivity index (χ0) is 25.4. The molecule has 0 saturated heterocycles. The molecule has 2 atom stereocenters. The van der Waals surface area contributed by atoms with Gasteiger partial charge in [-0.2, -0.15) is 0 Å². The molecule has 1 aliphatic rings. The summed E-state index contributed by atoms with van der Waals surface area (Å²) in [6, 6.07) is 26.4. The van der Waals surface area contributed by atoms with E-state index in [-0.39, 0.29) is 6.04 Å². The van der Waals surface area contributed by atoms with E-state index in [1.165, 1.54) is 47.7 Å². The van der Waals surface area contributed by atoms with Crippen LogP contribution in [0.4, 0.5) is 11.4 Å². The van der Waals surface area contributed by atoms with Crippen molar-refractivity contribution in [1.29, 1.82) is 0 Å². The molecule has 0 bridgehead atoms. The molecule has 0 fully saturated rings. The molecule has 1 heterocycles. The highest BCUT2D eigenvalue weighted by Gasteiger charge is 2.33. The molecule has 5 rings (SSSR count). The topological polar surface area (TPSA) is 3.24 Å². The summed E-state index contributed by atoms with van der Waals surface area (Å²) in [5.74, 6) is 0. The SMILES string of the molecule is CC[N+](C)(c1c(S)ccc2ccccc12)C(C)/C=C(\C=C1Sc2ccc3ccccc3c2N1C)SC. The number of allylic oxidation sites excluding steroid dienone is 1. The predicted molar refractivity (Wildman–Crippen MR) is 167 cm³/mol. The second kappa shape index (κ2) is 10.2. The van der Waals surface area contributed by atoms with Crippen molar-refractivity contribution in [3.63, 3.8) is 0 Å². The van der Waals surface area contributed by atoms with Crippen LogP contribution >= 0.6 is 36.2 Å². The first-order chi connectivity index (χ1) is 17.4. The number of thiol groups is 1. The van der Waals surface area contributed by atoms with E-state index >= 15 is 0 Å². The number of likely N-dealkylation sites (N-methyl/N-ethyl adjacent to an activating group) is 1. The molecule has 36 heavy (non-hydrogen) atoms. The predicted octanol–water partition coefficient (Wildman–Crippen LogP) is 8.96.